The Morgan fingerprint density at radius 3 is 2.75 bits per heavy atom. The summed E-state index contributed by atoms with van der Waals surface area (Å²) in [5.41, 5.74) is 1.37. The zero-order valence-electron chi connectivity index (χ0n) is 20.2. The molecule has 36 heavy (non-hydrogen) atoms. The number of benzene rings is 2. The van der Waals surface area contributed by atoms with Crippen LogP contribution in [0, 0.1) is 0 Å². The first-order chi connectivity index (χ1) is 17.3. The van der Waals surface area contributed by atoms with Crippen molar-refractivity contribution < 1.29 is 24.1 Å². The van der Waals surface area contributed by atoms with Crippen LogP contribution in [0.2, 0.25) is 0 Å². The molecule has 0 fully saturated rings. The summed E-state index contributed by atoms with van der Waals surface area (Å²) in [5.74, 6) is 0.377. The third kappa shape index (κ3) is 4.70. The Hall–Kier alpha value is -3.37. The van der Waals surface area contributed by atoms with E-state index in [0.29, 0.717) is 44.3 Å². The van der Waals surface area contributed by atoms with Gasteiger partial charge in [-0.25, -0.2) is 9.79 Å². The molecule has 1 N–H and O–H groups in total. The van der Waals surface area contributed by atoms with E-state index in [0.717, 1.165) is 10.9 Å². The average Bonchev–Trinajstić information content (AvgIpc) is 3.17. The van der Waals surface area contributed by atoms with Gasteiger partial charge in [0, 0.05) is 15.6 Å². The molecule has 2 aromatic carbocycles. The molecular formula is C26H25BrN2O6S. The van der Waals surface area contributed by atoms with Crippen LogP contribution in [0.3, 0.4) is 0 Å². The predicted octanol–water partition coefficient (Wildman–Crippen LogP) is 3.67. The third-order valence-electron chi connectivity index (χ3n) is 5.68. The van der Waals surface area contributed by atoms with Gasteiger partial charge in [0.05, 0.1) is 36.6 Å². The summed E-state index contributed by atoms with van der Waals surface area (Å²) >= 11 is 4.57. The molecule has 0 aliphatic carbocycles. The van der Waals surface area contributed by atoms with E-state index in [1.165, 1.54) is 30.1 Å². The molecular weight excluding hydrogens is 548 g/mol. The van der Waals surface area contributed by atoms with Crippen LogP contribution in [-0.4, -0.2) is 36.5 Å². The normalized spacial score (nSPS) is 15.4. The van der Waals surface area contributed by atoms with E-state index in [-0.39, 0.29) is 16.9 Å². The summed E-state index contributed by atoms with van der Waals surface area (Å²) in [4.78, 5) is 31.7. The summed E-state index contributed by atoms with van der Waals surface area (Å²) in [6, 6.07) is 9.47. The topological polar surface area (TPSA) is 99.4 Å². The molecule has 4 rings (SSSR count). The van der Waals surface area contributed by atoms with Gasteiger partial charge in [0.15, 0.2) is 16.3 Å². The highest BCUT2D eigenvalue weighted by Crippen LogP contribution is 2.40. The molecule has 0 saturated heterocycles. The van der Waals surface area contributed by atoms with Crippen molar-refractivity contribution in [2.24, 2.45) is 4.99 Å². The fourth-order valence-electron chi connectivity index (χ4n) is 4.04. The van der Waals surface area contributed by atoms with Crippen molar-refractivity contribution in [3.63, 3.8) is 0 Å². The lowest BCUT2D eigenvalue weighted by Gasteiger charge is -2.26. The zero-order valence-corrected chi connectivity index (χ0v) is 22.6. The molecule has 0 saturated carbocycles. The molecule has 3 aromatic rings. The molecule has 1 atom stereocenters. The third-order valence-corrected chi connectivity index (χ3v) is 7.15. The number of aromatic hydroxyl groups is 1. The number of rotatable bonds is 7. The van der Waals surface area contributed by atoms with E-state index >= 15 is 0 Å². The van der Waals surface area contributed by atoms with Gasteiger partial charge in [0.2, 0.25) is 0 Å². The van der Waals surface area contributed by atoms with Crippen LogP contribution in [0.5, 0.6) is 17.2 Å². The summed E-state index contributed by atoms with van der Waals surface area (Å²) in [7, 11) is 2.83. The number of thiazole rings is 1. The van der Waals surface area contributed by atoms with Crippen LogP contribution in [0.4, 0.5) is 0 Å². The van der Waals surface area contributed by atoms with Crippen LogP contribution in [0.15, 0.2) is 61.9 Å². The Bertz CT molecular complexity index is 1540. The molecule has 2 heterocycles. The number of phenols is 1. The van der Waals surface area contributed by atoms with Gasteiger partial charge < -0.3 is 19.3 Å². The number of nitrogens with zero attached hydrogens (tertiary/aromatic N) is 2. The number of methoxy groups -OCH3 is 2. The minimum absolute atomic E-state index is 0.0371. The van der Waals surface area contributed by atoms with E-state index < -0.39 is 12.0 Å². The second kappa shape index (κ2) is 10.7. The standard InChI is InChI=1S/C26H25BrN2O6S/c1-5-11-35-23-17(7-6-8-19(23)33-3)22-21(25(32)34-4)14(2)28-26-29(22)24(31)20(36-26)13-15-12-16(27)9-10-18(15)30/h6-10,12-13,22,30H,5,11H2,1-4H3/t22-/m1/s1. The molecule has 1 aromatic heterocycles. The molecule has 1 aliphatic rings. The lowest BCUT2D eigenvalue weighted by atomic mass is 9.94. The smallest absolute Gasteiger partial charge is 0.338 e. The fraction of sp³-hybridized carbons (Fsp3) is 0.269. The number of aromatic nitrogens is 1. The van der Waals surface area contributed by atoms with Crippen molar-refractivity contribution in [3.8, 4) is 17.2 Å². The highest BCUT2D eigenvalue weighted by molar-refractivity contribution is 9.10. The van der Waals surface area contributed by atoms with Gasteiger partial charge in [-0.1, -0.05) is 46.3 Å². The van der Waals surface area contributed by atoms with E-state index in [1.807, 2.05) is 6.92 Å². The van der Waals surface area contributed by atoms with Crippen LogP contribution < -0.4 is 24.4 Å². The van der Waals surface area contributed by atoms with E-state index in [4.69, 9.17) is 14.2 Å². The van der Waals surface area contributed by atoms with Gasteiger partial charge in [-0.05, 0) is 43.7 Å². The highest BCUT2D eigenvalue weighted by atomic mass is 79.9. The first kappa shape index (κ1) is 25.7. The largest absolute Gasteiger partial charge is 0.507 e. The lowest BCUT2D eigenvalue weighted by molar-refractivity contribution is -0.136. The van der Waals surface area contributed by atoms with E-state index in [2.05, 4.69) is 20.9 Å². The monoisotopic (exact) mass is 572 g/mol. The number of phenolic OH excluding ortho intramolecular Hbond substituents is 1. The molecule has 0 radical (unpaired) electrons. The number of carbonyl (C=O) groups is 1. The highest BCUT2D eigenvalue weighted by Gasteiger charge is 2.35. The predicted molar refractivity (Wildman–Crippen MR) is 140 cm³/mol. The first-order valence-corrected chi connectivity index (χ1v) is 12.8. The number of allylic oxidation sites excluding steroid dienone is 1. The molecule has 0 spiro atoms. The molecule has 0 unspecified atom stereocenters. The zero-order chi connectivity index (χ0) is 26.0. The number of para-hydroxylation sites is 1. The van der Waals surface area contributed by atoms with Gasteiger partial charge >= 0.3 is 5.97 Å². The quantitative estimate of drug-likeness (QED) is 0.434. The van der Waals surface area contributed by atoms with E-state index in [1.54, 1.807) is 49.4 Å². The Morgan fingerprint density at radius 1 is 1.28 bits per heavy atom. The second-order valence-electron chi connectivity index (χ2n) is 8.00. The van der Waals surface area contributed by atoms with Gasteiger partial charge in [-0.15, -0.1) is 0 Å². The Kier molecular flexibility index (Phi) is 7.65. The molecule has 0 bridgehead atoms. The molecule has 10 heteroatoms. The minimum Gasteiger partial charge on any atom is -0.507 e. The van der Waals surface area contributed by atoms with Gasteiger partial charge in [-0.3, -0.25) is 9.36 Å². The van der Waals surface area contributed by atoms with Crippen LogP contribution in [0.25, 0.3) is 6.08 Å². The molecule has 1 aliphatic heterocycles. The van der Waals surface area contributed by atoms with Gasteiger partial charge in [0.25, 0.3) is 5.56 Å². The molecule has 8 nitrogen and oxygen atoms in total. The summed E-state index contributed by atoms with van der Waals surface area (Å²) in [6.45, 7) is 4.12. The number of hydrogen-bond donors (Lipinski definition) is 1. The summed E-state index contributed by atoms with van der Waals surface area (Å²) in [5, 5.41) is 10.3. The van der Waals surface area contributed by atoms with Crippen molar-refractivity contribution in [3.05, 3.63) is 83.0 Å². The van der Waals surface area contributed by atoms with Crippen LogP contribution >= 0.6 is 27.3 Å². The molecule has 0 amide bonds. The number of halogens is 1. The minimum atomic E-state index is -0.853. The van der Waals surface area contributed by atoms with Crippen molar-refractivity contribution >= 4 is 39.3 Å². The van der Waals surface area contributed by atoms with Crippen molar-refractivity contribution in [2.45, 2.75) is 26.3 Å². The number of hydrogen-bond acceptors (Lipinski definition) is 8. The SMILES string of the molecule is CCCOc1c(OC)cccc1[C@@H]1C(C(=O)OC)=C(C)N=c2sc(=Cc3cc(Br)ccc3O)c(=O)n21. The van der Waals surface area contributed by atoms with Crippen molar-refractivity contribution in [2.75, 3.05) is 20.8 Å². The number of carbonyl (C=O) groups excluding carboxylic acids is 1. The van der Waals surface area contributed by atoms with Crippen LogP contribution in [0.1, 0.15) is 37.4 Å². The van der Waals surface area contributed by atoms with Gasteiger partial charge in [0.1, 0.15) is 11.8 Å². The number of esters is 1. The lowest BCUT2D eigenvalue weighted by Crippen LogP contribution is -2.40. The Labute approximate surface area is 219 Å². The Morgan fingerprint density at radius 2 is 2.06 bits per heavy atom. The second-order valence-corrected chi connectivity index (χ2v) is 9.93. The first-order valence-electron chi connectivity index (χ1n) is 11.2. The van der Waals surface area contributed by atoms with Crippen molar-refractivity contribution in [1.29, 1.82) is 0 Å². The fourth-order valence-corrected chi connectivity index (χ4v) is 5.45. The van der Waals surface area contributed by atoms with E-state index in [9.17, 15) is 14.7 Å². The number of fused-ring (bicyclic) bond motifs is 1. The maximum atomic E-state index is 13.8. The van der Waals surface area contributed by atoms with Crippen molar-refractivity contribution in [1.82, 2.24) is 4.57 Å². The maximum absolute atomic E-state index is 13.8. The summed E-state index contributed by atoms with van der Waals surface area (Å²) in [6.07, 6.45) is 2.37. The van der Waals surface area contributed by atoms with Crippen LogP contribution in [-0.2, 0) is 9.53 Å². The molecule has 188 valence electrons. The summed E-state index contributed by atoms with van der Waals surface area (Å²) < 4.78 is 19.3. The Balaban J connectivity index is 2.03. The average molecular weight is 573 g/mol. The maximum Gasteiger partial charge on any atom is 0.338 e. The van der Waals surface area contributed by atoms with Gasteiger partial charge in [-0.2, -0.15) is 0 Å². The number of ether oxygens (including phenoxy) is 3.